The predicted molar refractivity (Wildman–Crippen MR) is 51.4 cm³/mol. The normalized spacial score (nSPS) is 10.9. The van der Waals surface area contributed by atoms with Gasteiger partial charge in [-0.15, -0.1) is 0 Å². The Morgan fingerprint density at radius 1 is 1.69 bits per heavy atom. The number of aliphatic carboxylic acids is 1. The van der Waals surface area contributed by atoms with Gasteiger partial charge in [-0.2, -0.15) is 11.8 Å². The van der Waals surface area contributed by atoms with E-state index in [1.807, 2.05) is 6.26 Å². The Balaban J connectivity index is -0.000000500. The molecule has 1 atom stereocenters. The first kappa shape index (κ1) is 19.5. The van der Waals surface area contributed by atoms with Crippen LogP contribution in [0.25, 0.3) is 0 Å². The molecule has 0 unspecified atom stereocenters. The number of hydrogen-bond donors (Lipinski definition) is 2. The summed E-state index contributed by atoms with van der Waals surface area (Å²) in [5.41, 5.74) is 0. The molecule has 0 saturated carbocycles. The van der Waals surface area contributed by atoms with Crippen LogP contribution < -0.4 is 10.4 Å². The molecule has 0 fully saturated rings. The summed E-state index contributed by atoms with van der Waals surface area (Å²) in [6.07, 6.45) is 2.37. The summed E-state index contributed by atoms with van der Waals surface area (Å²) >= 11 is 1.56. The molecule has 0 amide bonds. The zero-order valence-corrected chi connectivity index (χ0v) is 10.6. The van der Waals surface area contributed by atoms with E-state index < -0.39 is 12.0 Å². The number of hydrogen-bond acceptors (Lipinski definition) is 5. The van der Waals surface area contributed by atoms with Crippen molar-refractivity contribution < 1.29 is 20.5 Å². The van der Waals surface area contributed by atoms with E-state index in [1.165, 1.54) is 0 Å². The van der Waals surface area contributed by atoms with Crippen LogP contribution in [0.3, 0.4) is 0 Å². The van der Waals surface area contributed by atoms with E-state index in [4.69, 9.17) is 5.11 Å². The molecule has 0 aromatic rings. The van der Waals surface area contributed by atoms with Crippen LogP contribution in [0.1, 0.15) is 6.42 Å². The average molecular weight is 236 g/mol. The first-order valence-electron chi connectivity index (χ1n) is 3.26. The van der Waals surface area contributed by atoms with E-state index >= 15 is 0 Å². The molecular formula is C6H14CaNO4S+. The third kappa shape index (κ3) is 10.9. The standard InChI is InChI=1S/C6H13NO3S.Ca.H2O/c1-11-3-2-5(6(9)10)7-4-8;;/h5,7-8H,2-4H2,1H3,(H,9,10);;1H2/q;+2;/p-1/t5-;;/m1../s1. The van der Waals surface area contributed by atoms with Gasteiger partial charge < -0.3 is 20.5 Å². The fourth-order valence-corrected chi connectivity index (χ4v) is 1.12. The van der Waals surface area contributed by atoms with Crippen LogP contribution in [-0.4, -0.2) is 79.1 Å². The van der Waals surface area contributed by atoms with E-state index in [1.54, 1.807) is 11.8 Å². The molecule has 0 aliphatic carbocycles. The molecule has 0 spiro atoms. The zero-order valence-electron chi connectivity index (χ0n) is 7.58. The second-order valence-electron chi connectivity index (χ2n) is 2.02. The molecule has 0 rings (SSSR count). The molecule has 0 saturated heterocycles. The Morgan fingerprint density at radius 3 is 2.54 bits per heavy atom. The predicted octanol–water partition coefficient (Wildman–Crippen LogP) is -2.81. The maximum atomic E-state index is 10.3. The number of rotatable bonds is 6. The molecule has 0 radical (unpaired) electrons. The Kier molecular flexibility index (Phi) is 19.5. The van der Waals surface area contributed by atoms with Crippen molar-refractivity contribution in [1.29, 1.82) is 0 Å². The second kappa shape index (κ2) is 13.0. The monoisotopic (exact) mass is 236 g/mol. The molecule has 0 bridgehead atoms. The third-order valence-corrected chi connectivity index (χ3v) is 1.88. The van der Waals surface area contributed by atoms with E-state index in [9.17, 15) is 9.90 Å². The molecule has 0 aliphatic heterocycles. The molecule has 74 valence electrons. The van der Waals surface area contributed by atoms with Crippen LogP contribution >= 0.6 is 11.8 Å². The van der Waals surface area contributed by atoms with Crippen molar-refractivity contribution in [3.63, 3.8) is 0 Å². The van der Waals surface area contributed by atoms with Gasteiger partial charge in [-0.05, 0) is 18.4 Å². The van der Waals surface area contributed by atoms with Gasteiger partial charge in [0.2, 0.25) is 0 Å². The van der Waals surface area contributed by atoms with E-state index in [0.29, 0.717) is 6.42 Å². The van der Waals surface area contributed by atoms with Crippen molar-refractivity contribution >= 4 is 55.5 Å². The van der Waals surface area contributed by atoms with Crippen molar-refractivity contribution in [2.75, 3.05) is 18.7 Å². The Morgan fingerprint density at radius 2 is 2.23 bits per heavy atom. The van der Waals surface area contributed by atoms with Gasteiger partial charge in [-0.3, -0.25) is 5.32 Å². The molecular weight excluding hydrogens is 222 g/mol. The summed E-state index contributed by atoms with van der Waals surface area (Å²) in [5.74, 6) is -0.417. The number of aliphatic hydroxyl groups is 1. The summed E-state index contributed by atoms with van der Waals surface area (Å²) in [6, 6.07) is -0.729. The van der Waals surface area contributed by atoms with Gasteiger partial charge in [0.1, 0.15) is 0 Å². The zero-order chi connectivity index (χ0) is 8.69. The molecule has 0 heterocycles. The summed E-state index contributed by atoms with van der Waals surface area (Å²) < 4.78 is 0. The third-order valence-electron chi connectivity index (χ3n) is 1.23. The topological polar surface area (TPSA) is 104 Å². The van der Waals surface area contributed by atoms with Gasteiger partial charge in [0.15, 0.2) is 0 Å². The fraction of sp³-hybridized carbons (Fsp3) is 0.833. The van der Waals surface area contributed by atoms with Gasteiger partial charge in [0, 0.05) is 6.04 Å². The van der Waals surface area contributed by atoms with Gasteiger partial charge >= 0.3 is 37.7 Å². The molecule has 0 aromatic heterocycles. The quantitative estimate of drug-likeness (QED) is 0.383. The Hall–Kier alpha value is 0.960. The Labute approximate surface area is 112 Å². The van der Waals surface area contributed by atoms with E-state index in [0.717, 1.165) is 5.75 Å². The van der Waals surface area contributed by atoms with Crippen LogP contribution in [-0.2, 0) is 4.79 Å². The molecule has 7 heteroatoms. The van der Waals surface area contributed by atoms with Crippen molar-refractivity contribution in [1.82, 2.24) is 5.32 Å². The van der Waals surface area contributed by atoms with Crippen molar-refractivity contribution in [3.8, 4) is 0 Å². The maximum Gasteiger partial charge on any atom is 2.00 e. The number of aliphatic hydroxyl groups excluding tert-OH is 1. The number of nitrogens with one attached hydrogen (secondary N) is 1. The average Bonchev–Trinajstić information content (AvgIpc) is 1.97. The maximum absolute atomic E-state index is 10.3. The molecule has 13 heavy (non-hydrogen) atoms. The fourth-order valence-electron chi connectivity index (χ4n) is 0.649. The van der Waals surface area contributed by atoms with Crippen LogP contribution in [0.15, 0.2) is 0 Å². The first-order valence-corrected chi connectivity index (χ1v) is 4.65. The molecule has 0 aromatic carbocycles. The largest absolute Gasteiger partial charge is 2.00 e. The van der Waals surface area contributed by atoms with Crippen LogP contribution in [0.5, 0.6) is 0 Å². The van der Waals surface area contributed by atoms with Crippen molar-refractivity contribution in [2.45, 2.75) is 12.5 Å². The van der Waals surface area contributed by atoms with Crippen LogP contribution in [0.4, 0.5) is 0 Å². The first-order chi connectivity index (χ1) is 5.22. The Bertz CT molecular complexity index is 127. The number of carbonyl (C=O) groups is 1. The van der Waals surface area contributed by atoms with Crippen molar-refractivity contribution in [2.24, 2.45) is 0 Å². The van der Waals surface area contributed by atoms with E-state index in [2.05, 4.69) is 5.32 Å². The van der Waals surface area contributed by atoms with E-state index in [-0.39, 0.29) is 49.9 Å². The summed E-state index contributed by atoms with van der Waals surface area (Å²) in [4.78, 5) is 10.3. The minimum absolute atomic E-state index is 0. The van der Waals surface area contributed by atoms with Gasteiger partial charge in [0.05, 0.1) is 12.7 Å². The summed E-state index contributed by atoms with van der Waals surface area (Å²) in [7, 11) is 0. The molecule has 4 N–H and O–H groups in total. The van der Waals surface area contributed by atoms with Crippen molar-refractivity contribution in [3.05, 3.63) is 0 Å². The van der Waals surface area contributed by atoms with Gasteiger partial charge in [-0.25, -0.2) is 0 Å². The summed E-state index contributed by atoms with van der Waals surface area (Å²) in [5, 5.41) is 21.1. The van der Waals surface area contributed by atoms with Crippen LogP contribution in [0, 0.1) is 0 Å². The number of carboxylic acid groups (broad SMARTS) is 1. The van der Waals surface area contributed by atoms with Crippen LogP contribution in [0.2, 0.25) is 0 Å². The number of thioether (sulfide) groups is 1. The number of carbonyl (C=O) groups excluding carboxylic acids is 1. The van der Waals surface area contributed by atoms with Gasteiger partial charge in [0.25, 0.3) is 0 Å². The molecule has 5 nitrogen and oxygen atoms in total. The van der Waals surface area contributed by atoms with Gasteiger partial charge in [-0.1, -0.05) is 0 Å². The minimum Gasteiger partial charge on any atom is -0.548 e. The number of carboxylic acids is 1. The summed E-state index contributed by atoms with van der Waals surface area (Å²) in [6.45, 7) is -0.326. The minimum atomic E-state index is -1.16. The second-order valence-corrected chi connectivity index (χ2v) is 3.00. The molecule has 0 aliphatic rings. The SMILES string of the molecule is CSCC[C@@H](NCO)C(=O)[O-].O.[Ca+2]. The smallest absolute Gasteiger partial charge is 0.548 e.